The summed E-state index contributed by atoms with van der Waals surface area (Å²) < 4.78 is 5.33. The van der Waals surface area contributed by atoms with Crippen LogP contribution in [-0.2, 0) is 14.3 Å². The summed E-state index contributed by atoms with van der Waals surface area (Å²) in [4.78, 5) is 24.0. The molecule has 4 rings (SSSR count). The molecule has 0 amide bonds. The largest absolute Gasteiger partial charge is 0.462 e. The smallest absolute Gasteiger partial charge is 0.331 e. The summed E-state index contributed by atoms with van der Waals surface area (Å²) in [5.74, 6) is -0.606. The molecule has 0 aromatic rings. The number of carbonyl (C=O) groups is 2. The fourth-order valence-electron chi connectivity index (χ4n) is 6.36. The maximum absolute atomic E-state index is 12.3. The topological polar surface area (TPSA) is 83.8 Å². The number of hydrogen-bond acceptors (Lipinski definition) is 5. The normalized spacial score (nSPS) is 50.0. The maximum atomic E-state index is 12.3. The van der Waals surface area contributed by atoms with E-state index in [1.54, 1.807) is 0 Å². The van der Waals surface area contributed by atoms with Crippen LogP contribution in [0.2, 0.25) is 0 Å². The molecule has 1 aliphatic heterocycles. The number of Topliss-reactive ketones (excluding diaryl/α,β-unsaturated/α-hetero) is 1. The molecule has 0 spiro atoms. The van der Waals surface area contributed by atoms with Gasteiger partial charge in [-0.25, -0.2) is 4.79 Å². The monoisotopic (exact) mass is 380 g/mol. The van der Waals surface area contributed by atoms with Gasteiger partial charge in [0.1, 0.15) is 6.61 Å². The van der Waals surface area contributed by atoms with Crippen molar-refractivity contribution < 1.29 is 24.5 Å². The molecular formula is C20H25ClO5. The van der Waals surface area contributed by atoms with Crippen LogP contribution in [0.5, 0.6) is 0 Å². The number of fused-ring (bicyclic) bond motifs is 5. The van der Waals surface area contributed by atoms with E-state index >= 15 is 0 Å². The van der Waals surface area contributed by atoms with Crippen LogP contribution in [-0.4, -0.2) is 40.3 Å². The summed E-state index contributed by atoms with van der Waals surface area (Å²) in [5, 5.41) is 22.3. The lowest BCUT2D eigenvalue weighted by Gasteiger charge is -2.56. The predicted octanol–water partition coefficient (Wildman–Crippen LogP) is 2.35. The Balaban J connectivity index is 1.82. The van der Waals surface area contributed by atoms with Crippen LogP contribution in [0.15, 0.2) is 22.8 Å². The Labute approximate surface area is 158 Å². The second-order valence-corrected chi connectivity index (χ2v) is 9.33. The molecule has 1 heterocycles. The molecule has 2 saturated carbocycles. The van der Waals surface area contributed by atoms with Crippen LogP contribution in [0, 0.1) is 28.6 Å². The van der Waals surface area contributed by atoms with E-state index in [0.717, 1.165) is 12.0 Å². The summed E-state index contributed by atoms with van der Waals surface area (Å²) in [6.45, 7) is 5.63. The van der Waals surface area contributed by atoms with E-state index in [1.165, 1.54) is 13.0 Å². The molecule has 7 atom stereocenters. The molecule has 2 fully saturated rings. The van der Waals surface area contributed by atoms with E-state index in [0.29, 0.717) is 17.9 Å². The third-order valence-corrected chi connectivity index (χ3v) is 8.22. The number of hydrogen-bond donors (Lipinski definition) is 2. The molecule has 142 valence electrons. The van der Waals surface area contributed by atoms with Crippen molar-refractivity contribution in [3.05, 3.63) is 22.8 Å². The van der Waals surface area contributed by atoms with Crippen molar-refractivity contribution >= 4 is 23.4 Å². The molecular weight excluding hydrogens is 356 g/mol. The minimum atomic E-state index is -1.72. The van der Waals surface area contributed by atoms with Gasteiger partial charge in [0.2, 0.25) is 0 Å². The summed E-state index contributed by atoms with van der Waals surface area (Å²) >= 11 is 6.56. The van der Waals surface area contributed by atoms with Crippen LogP contribution < -0.4 is 0 Å². The van der Waals surface area contributed by atoms with Crippen molar-refractivity contribution in [3.8, 4) is 0 Å². The van der Waals surface area contributed by atoms with Crippen molar-refractivity contribution in [1.29, 1.82) is 0 Å². The molecule has 2 N–H and O–H groups in total. The molecule has 0 unspecified atom stereocenters. The first-order valence-electron chi connectivity index (χ1n) is 9.24. The molecule has 26 heavy (non-hydrogen) atoms. The van der Waals surface area contributed by atoms with Gasteiger partial charge >= 0.3 is 5.97 Å². The summed E-state index contributed by atoms with van der Waals surface area (Å²) in [5.41, 5.74) is -1.98. The van der Waals surface area contributed by atoms with Gasteiger partial charge in [-0.05, 0) is 49.5 Å². The highest BCUT2D eigenvalue weighted by molar-refractivity contribution is 6.32. The van der Waals surface area contributed by atoms with Crippen LogP contribution in [0.25, 0.3) is 0 Å². The Hall–Kier alpha value is -1.17. The van der Waals surface area contributed by atoms with E-state index in [9.17, 15) is 19.8 Å². The molecule has 5 nitrogen and oxygen atoms in total. The zero-order valence-corrected chi connectivity index (χ0v) is 16.0. The van der Waals surface area contributed by atoms with E-state index < -0.39 is 17.1 Å². The van der Waals surface area contributed by atoms with Crippen LogP contribution in [0.4, 0.5) is 0 Å². The first kappa shape index (κ1) is 18.2. The molecule has 4 aliphatic rings. The highest BCUT2D eigenvalue weighted by Crippen LogP contribution is 2.66. The quantitative estimate of drug-likeness (QED) is 0.682. The van der Waals surface area contributed by atoms with Crippen molar-refractivity contribution in [2.24, 2.45) is 28.6 Å². The zero-order valence-electron chi connectivity index (χ0n) is 15.3. The first-order chi connectivity index (χ1) is 12.1. The molecule has 0 aromatic heterocycles. The highest BCUT2D eigenvalue weighted by atomic mass is 35.5. The van der Waals surface area contributed by atoms with Gasteiger partial charge in [-0.3, -0.25) is 4.79 Å². The lowest BCUT2D eigenvalue weighted by molar-refractivity contribution is -0.172. The van der Waals surface area contributed by atoms with Gasteiger partial charge in [0.25, 0.3) is 0 Å². The molecule has 0 radical (unpaired) electrons. The average molecular weight is 381 g/mol. The molecule has 3 aliphatic carbocycles. The Morgan fingerprint density at radius 3 is 2.69 bits per heavy atom. The van der Waals surface area contributed by atoms with E-state index in [-0.39, 0.29) is 41.5 Å². The van der Waals surface area contributed by atoms with Gasteiger partial charge in [-0.2, -0.15) is 0 Å². The number of aliphatic hydroxyl groups is 2. The number of cyclic esters (lactones) is 1. The Morgan fingerprint density at radius 2 is 2.04 bits per heavy atom. The number of carbonyl (C=O) groups excluding carboxylic acids is 2. The summed E-state index contributed by atoms with van der Waals surface area (Å²) in [7, 11) is 0. The van der Waals surface area contributed by atoms with Crippen LogP contribution in [0.1, 0.15) is 40.0 Å². The SMILES string of the molecule is CC(=O)[C@@]1(O)[C@H](O)C[C@H]2[C@@H]3C=C(Cl)C4=CC(=O)OC[C@]4(C)[C@H]3CC[C@@]21C. The van der Waals surface area contributed by atoms with Gasteiger partial charge < -0.3 is 14.9 Å². The average Bonchev–Trinajstić information content (AvgIpc) is 2.78. The zero-order chi connectivity index (χ0) is 19.1. The van der Waals surface area contributed by atoms with Gasteiger partial charge in [-0.1, -0.05) is 31.5 Å². The number of aliphatic hydroxyl groups excluding tert-OH is 1. The van der Waals surface area contributed by atoms with E-state index in [1.807, 2.05) is 13.0 Å². The van der Waals surface area contributed by atoms with Crippen molar-refractivity contribution in [1.82, 2.24) is 0 Å². The molecule has 0 saturated heterocycles. The first-order valence-corrected chi connectivity index (χ1v) is 9.61. The lowest BCUT2D eigenvalue weighted by Crippen LogP contribution is -2.59. The molecule has 0 bridgehead atoms. The number of halogens is 1. The third-order valence-electron chi connectivity index (χ3n) is 7.90. The maximum Gasteiger partial charge on any atom is 0.331 e. The Morgan fingerprint density at radius 1 is 1.35 bits per heavy atom. The minimum Gasteiger partial charge on any atom is -0.462 e. The second-order valence-electron chi connectivity index (χ2n) is 8.92. The predicted molar refractivity (Wildman–Crippen MR) is 95.2 cm³/mol. The Bertz CT molecular complexity index is 757. The number of ketones is 1. The fraction of sp³-hybridized carbons (Fsp3) is 0.700. The van der Waals surface area contributed by atoms with E-state index in [4.69, 9.17) is 16.3 Å². The summed E-state index contributed by atoms with van der Waals surface area (Å²) in [6.07, 6.45) is 4.15. The number of rotatable bonds is 1. The van der Waals surface area contributed by atoms with E-state index in [2.05, 4.69) is 6.92 Å². The standard InChI is InChI=1S/C20H25ClO5/c1-10(22)20(25)16(23)7-13-11-6-15(21)14-8-17(24)26-9-18(14,2)12(11)4-5-19(13,20)3/h6,8,11-13,16,23,25H,4-5,7,9H2,1-3H3/t11-,12+,13+,16-,18-,19+,20-/m1/s1. The second kappa shape index (κ2) is 5.43. The fourth-order valence-corrected chi connectivity index (χ4v) is 6.78. The molecule has 0 aromatic carbocycles. The summed E-state index contributed by atoms with van der Waals surface area (Å²) in [6, 6.07) is 0. The number of esters is 1. The highest BCUT2D eigenvalue weighted by Gasteiger charge is 2.69. The van der Waals surface area contributed by atoms with Gasteiger partial charge in [0.05, 0.1) is 6.10 Å². The van der Waals surface area contributed by atoms with Crippen molar-refractivity contribution in [2.75, 3.05) is 6.61 Å². The number of allylic oxidation sites excluding steroid dienone is 2. The van der Waals surface area contributed by atoms with Crippen LogP contribution in [0.3, 0.4) is 0 Å². The molecule has 6 heteroatoms. The van der Waals surface area contributed by atoms with Crippen molar-refractivity contribution in [3.63, 3.8) is 0 Å². The number of ether oxygens (including phenoxy) is 1. The Kier molecular flexibility index (Phi) is 3.80. The van der Waals surface area contributed by atoms with Gasteiger partial charge in [0, 0.05) is 21.9 Å². The third kappa shape index (κ3) is 2.00. The van der Waals surface area contributed by atoms with Crippen LogP contribution >= 0.6 is 11.6 Å². The lowest BCUT2D eigenvalue weighted by atomic mass is 9.49. The van der Waals surface area contributed by atoms with Gasteiger partial charge in [-0.15, -0.1) is 0 Å². The van der Waals surface area contributed by atoms with Crippen molar-refractivity contribution in [2.45, 2.75) is 51.7 Å². The minimum absolute atomic E-state index is 0.0169. The van der Waals surface area contributed by atoms with Gasteiger partial charge in [0.15, 0.2) is 11.4 Å².